The zero-order valence-electron chi connectivity index (χ0n) is 11.5. The van der Waals surface area contributed by atoms with Gasteiger partial charge in [0.25, 0.3) is 0 Å². The number of nitrogens with one attached hydrogen (secondary N) is 2. The predicted molar refractivity (Wildman–Crippen MR) is 77.9 cm³/mol. The van der Waals surface area contributed by atoms with Crippen LogP contribution < -0.4 is 10.0 Å². The summed E-state index contributed by atoms with van der Waals surface area (Å²) in [6.45, 7) is 0. The van der Waals surface area contributed by atoms with E-state index in [-0.39, 0.29) is 4.90 Å². The molecule has 0 bridgehead atoms. The molecule has 20 heavy (non-hydrogen) atoms. The van der Waals surface area contributed by atoms with Gasteiger partial charge in [0.05, 0.1) is 16.1 Å². The van der Waals surface area contributed by atoms with Crippen molar-refractivity contribution in [3.8, 4) is 6.07 Å². The number of nitriles is 1. The second-order valence-corrected chi connectivity index (χ2v) is 6.89. The number of benzene rings is 1. The Hall–Kier alpha value is -1.58. The van der Waals surface area contributed by atoms with Crippen LogP contribution in [0.3, 0.4) is 0 Å². The van der Waals surface area contributed by atoms with Gasteiger partial charge in [-0.05, 0) is 38.1 Å². The summed E-state index contributed by atoms with van der Waals surface area (Å²) in [4.78, 5) is 0.116. The van der Waals surface area contributed by atoms with Gasteiger partial charge in [0.15, 0.2) is 0 Å². The maximum atomic E-state index is 11.7. The molecule has 0 atom stereocenters. The van der Waals surface area contributed by atoms with E-state index in [4.69, 9.17) is 0 Å². The minimum atomic E-state index is -3.51. The Morgan fingerprint density at radius 1 is 1.25 bits per heavy atom. The van der Waals surface area contributed by atoms with Gasteiger partial charge in [-0.25, -0.2) is 13.1 Å². The van der Waals surface area contributed by atoms with Crippen molar-refractivity contribution in [2.45, 2.75) is 43.0 Å². The monoisotopic (exact) mass is 293 g/mol. The second kappa shape index (κ2) is 6.25. The zero-order chi connectivity index (χ0) is 14.6. The summed E-state index contributed by atoms with van der Waals surface area (Å²) in [5, 5.41) is 12.6. The Bertz CT molecular complexity index is 614. The summed E-state index contributed by atoms with van der Waals surface area (Å²) in [6.07, 6.45) is 5.86. The summed E-state index contributed by atoms with van der Waals surface area (Å²) >= 11 is 0. The summed E-state index contributed by atoms with van der Waals surface area (Å²) in [7, 11) is -2.15. The van der Waals surface area contributed by atoms with E-state index >= 15 is 0 Å². The first-order valence-corrected chi connectivity index (χ1v) is 8.29. The number of hydrogen-bond acceptors (Lipinski definition) is 4. The third-order valence-electron chi connectivity index (χ3n) is 3.66. The van der Waals surface area contributed by atoms with E-state index in [9.17, 15) is 13.7 Å². The molecule has 0 heterocycles. The highest BCUT2D eigenvalue weighted by Crippen LogP contribution is 2.25. The normalized spacial score (nSPS) is 16.6. The molecule has 1 aliphatic rings. The van der Waals surface area contributed by atoms with Crippen LogP contribution in [0.25, 0.3) is 0 Å². The van der Waals surface area contributed by atoms with Crippen LogP contribution in [0.1, 0.15) is 37.7 Å². The lowest BCUT2D eigenvalue weighted by molar-refractivity contribution is 0.462. The van der Waals surface area contributed by atoms with E-state index in [1.54, 1.807) is 6.07 Å². The standard InChI is InChI=1S/C14H19N3O2S/c1-16-20(18,19)13-7-8-14(11(9-13)10-15)17-12-5-3-2-4-6-12/h7-9,12,16-17H,2-6H2,1H3. The van der Waals surface area contributed by atoms with Crippen LogP contribution in [-0.4, -0.2) is 21.5 Å². The Labute approximate surface area is 120 Å². The Balaban J connectivity index is 2.24. The molecule has 1 saturated carbocycles. The quantitative estimate of drug-likeness (QED) is 0.891. The van der Waals surface area contributed by atoms with Crippen molar-refractivity contribution in [3.63, 3.8) is 0 Å². The zero-order valence-corrected chi connectivity index (χ0v) is 12.3. The van der Waals surface area contributed by atoms with Gasteiger partial charge in [-0.3, -0.25) is 0 Å². The van der Waals surface area contributed by atoms with Crippen molar-refractivity contribution in [1.82, 2.24) is 4.72 Å². The first-order chi connectivity index (χ1) is 9.56. The van der Waals surface area contributed by atoms with Crippen LogP contribution in [0.15, 0.2) is 23.1 Å². The van der Waals surface area contributed by atoms with Gasteiger partial charge in [-0.1, -0.05) is 19.3 Å². The molecule has 0 unspecified atom stereocenters. The summed E-state index contributed by atoms with van der Waals surface area (Å²) in [6, 6.07) is 7.06. The molecule has 5 nitrogen and oxygen atoms in total. The highest BCUT2D eigenvalue weighted by atomic mass is 32.2. The molecule has 1 aromatic rings. The van der Waals surface area contributed by atoms with Gasteiger partial charge < -0.3 is 5.32 Å². The fourth-order valence-electron chi connectivity index (χ4n) is 2.49. The molecule has 0 amide bonds. The van der Waals surface area contributed by atoms with Crippen molar-refractivity contribution in [3.05, 3.63) is 23.8 Å². The van der Waals surface area contributed by atoms with Gasteiger partial charge in [0, 0.05) is 6.04 Å². The number of rotatable bonds is 4. The molecule has 108 valence electrons. The first kappa shape index (κ1) is 14.8. The molecule has 0 radical (unpaired) electrons. The number of hydrogen-bond donors (Lipinski definition) is 2. The molecule has 0 aromatic heterocycles. The lowest BCUT2D eigenvalue weighted by Crippen LogP contribution is -2.23. The SMILES string of the molecule is CNS(=O)(=O)c1ccc(NC2CCCCC2)c(C#N)c1. The average Bonchev–Trinajstić information content (AvgIpc) is 2.48. The number of sulfonamides is 1. The lowest BCUT2D eigenvalue weighted by atomic mass is 9.95. The highest BCUT2D eigenvalue weighted by Gasteiger charge is 2.17. The number of nitrogens with zero attached hydrogens (tertiary/aromatic N) is 1. The second-order valence-electron chi connectivity index (χ2n) is 5.01. The van der Waals surface area contributed by atoms with E-state index in [0.717, 1.165) is 18.5 Å². The molecule has 6 heteroatoms. The van der Waals surface area contributed by atoms with Crippen molar-refractivity contribution in [1.29, 1.82) is 5.26 Å². The first-order valence-electron chi connectivity index (χ1n) is 6.81. The molecule has 1 fully saturated rings. The smallest absolute Gasteiger partial charge is 0.240 e. The van der Waals surface area contributed by atoms with Crippen LogP contribution in [0.4, 0.5) is 5.69 Å². The minimum Gasteiger partial charge on any atom is -0.381 e. The molecule has 1 aromatic carbocycles. The van der Waals surface area contributed by atoms with Crippen LogP contribution in [0, 0.1) is 11.3 Å². The Morgan fingerprint density at radius 2 is 1.95 bits per heavy atom. The van der Waals surface area contributed by atoms with E-state index in [1.807, 2.05) is 0 Å². The van der Waals surface area contributed by atoms with Crippen LogP contribution in [0.2, 0.25) is 0 Å². The van der Waals surface area contributed by atoms with Gasteiger partial charge in [-0.2, -0.15) is 5.26 Å². The van der Waals surface area contributed by atoms with Gasteiger partial charge in [-0.15, -0.1) is 0 Å². The van der Waals surface area contributed by atoms with Crippen molar-refractivity contribution in [2.75, 3.05) is 12.4 Å². The minimum absolute atomic E-state index is 0.116. The molecule has 0 saturated heterocycles. The van der Waals surface area contributed by atoms with Gasteiger partial charge in [0.1, 0.15) is 6.07 Å². The highest BCUT2D eigenvalue weighted by molar-refractivity contribution is 7.89. The van der Waals surface area contributed by atoms with Crippen molar-refractivity contribution < 1.29 is 8.42 Å². The summed E-state index contributed by atoms with van der Waals surface area (Å²) < 4.78 is 25.7. The Kier molecular flexibility index (Phi) is 4.63. The topological polar surface area (TPSA) is 82.0 Å². The third kappa shape index (κ3) is 3.30. The molecule has 0 spiro atoms. The molecule has 2 rings (SSSR count). The summed E-state index contributed by atoms with van der Waals surface area (Å²) in [5.74, 6) is 0. The molecule has 2 N–H and O–H groups in total. The maximum absolute atomic E-state index is 11.7. The van der Waals surface area contributed by atoms with E-state index in [0.29, 0.717) is 11.6 Å². The van der Waals surface area contributed by atoms with Crippen LogP contribution >= 0.6 is 0 Å². The molecular formula is C14H19N3O2S. The van der Waals surface area contributed by atoms with Crippen molar-refractivity contribution in [2.24, 2.45) is 0 Å². The molecular weight excluding hydrogens is 274 g/mol. The van der Waals surface area contributed by atoms with Crippen LogP contribution in [0.5, 0.6) is 0 Å². The largest absolute Gasteiger partial charge is 0.381 e. The molecule has 1 aliphatic carbocycles. The van der Waals surface area contributed by atoms with E-state index in [2.05, 4.69) is 16.1 Å². The van der Waals surface area contributed by atoms with E-state index in [1.165, 1.54) is 38.4 Å². The van der Waals surface area contributed by atoms with E-state index < -0.39 is 10.0 Å². The van der Waals surface area contributed by atoms with Crippen molar-refractivity contribution >= 4 is 15.7 Å². The lowest BCUT2D eigenvalue weighted by Gasteiger charge is -2.24. The predicted octanol–water partition coefficient (Wildman–Crippen LogP) is 2.21. The van der Waals surface area contributed by atoms with Gasteiger partial charge >= 0.3 is 0 Å². The average molecular weight is 293 g/mol. The van der Waals surface area contributed by atoms with Crippen LogP contribution in [-0.2, 0) is 10.0 Å². The maximum Gasteiger partial charge on any atom is 0.240 e. The molecule has 0 aliphatic heterocycles. The fraction of sp³-hybridized carbons (Fsp3) is 0.500. The summed E-state index contributed by atoms with van der Waals surface area (Å²) in [5.41, 5.74) is 1.08. The Morgan fingerprint density at radius 3 is 2.55 bits per heavy atom. The third-order valence-corrected chi connectivity index (χ3v) is 5.07. The van der Waals surface area contributed by atoms with Gasteiger partial charge in [0.2, 0.25) is 10.0 Å². The number of anilines is 1. The fourth-order valence-corrected chi connectivity index (χ4v) is 3.25.